The Morgan fingerprint density at radius 2 is 1.86 bits per heavy atom. The molecule has 0 heterocycles. The SMILES string of the molecule is CCCNC(c1cccc(OC(F)(F)F)c1)C(C)C(C)C. The Hall–Kier alpha value is -1.23. The van der Waals surface area contributed by atoms with E-state index in [-0.39, 0.29) is 11.8 Å². The van der Waals surface area contributed by atoms with Gasteiger partial charge in [-0.3, -0.25) is 0 Å². The first-order valence-corrected chi connectivity index (χ1v) is 7.33. The van der Waals surface area contributed by atoms with Crippen LogP contribution in [-0.4, -0.2) is 12.9 Å². The molecule has 5 heteroatoms. The maximum Gasteiger partial charge on any atom is 0.573 e. The van der Waals surface area contributed by atoms with Crippen molar-refractivity contribution in [2.75, 3.05) is 6.54 Å². The maximum atomic E-state index is 12.3. The number of nitrogens with one attached hydrogen (secondary N) is 1. The number of halogens is 3. The zero-order chi connectivity index (χ0) is 16.0. The highest BCUT2D eigenvalue weighted by Gasteiger charge is 2.31. The second kappa shape index (κ2) is 7.69. The first kappa shape index (κ1) is 17.8. The van der Waals surface area contributed by atoms with Crippen LogP contribution in [0.25, 0.3) is 0 Å². The van der Waals surface area contributed by atoms with Crippen molar-refractivity contribution < 1.29 is 17.9 Å². The topological polar surface area (TPSA) is 21.3 Å². The standard InChI is InChI=1S/C16H24F3NO/c1-5-9-20-15(12(4)11(2)3)13-7-6-8-14(10-13)21-16(17,18)19/h6-8,10-12,15,20H,5,9H2,1-4H3. The third-order valence-electron chi connectivity index (χ3n) is 3.64. The first-order valence-electron chi connectivity index (χ1n) is 7.33. The van der Waals surface area contributed by atoms with Crippen LogP contribution >= 0.6 is 0 Å². The summed E-state index contributed by atoms with van der Waals surface area (Å²) in [5.74, 6) is 0.559. The molecule has 0 saturated carbocycles. The highest BCUT2D eigenvalue weighted by atomic mass is 19.4. The fourth-order valence-corrected chi connectivity index (χ4v) is 2.20. The van der Waals surface area contributed by atoms with E-state index in [4.69, 9.17) is 0 Å². The minimum Gasteiger partial charge on any atom is -0.406 e. The molecule has 21 heavy (non-hydrogen) atoms. The van der Waals surface area contributed by atoms with E-state index in [0.717, 1.165) is 18.5 Å². The summed E-state index contributed by atoms with van der Waals surface area (Å²) in [6.45, 7) is 9.22. The second-order valence-electron chi connectivity index (χ2n) is 5.66. The van der Waals surface area contributed by atoms with Gasteiger partial charge in [0.1, 0.15) is 5.75 Å². The van der Waals surface area contributed by atoms with Crippen molar-refractivity contribution in [3.8, 4) is 5.75 Å². The van der Waals surface area contributed by atoms with Crippen LogP contribution in [0.5, 0.6) is 5.75 Å². The molecule has 1 aromatic rings. The number of ether oxygens (including phenoxy) is 1. The molecular weight excluding hydrogens is 279 g/mol. The fourth-order valence-electron chi connectivity index (χ4n) is 2.20. The second-order valence-corrected chi connectivity index (χ2v) is 5.66. The van der Waals surface area contributed by atoms with Crippen molar-refractivity contribution in [3.05, 3.63) is 29.8 Å². The van der Waals surface area contributed by atoms with Crippen LogP contribution in [0.3, 0.4) is 0 Å². The summed E-state index contributed by atoms with van der Waals surface area (Å²) in [5, 5.41) is 3.42. The van der Waals surface area contributed by atoms with Gasteiger partial charge in [0.25, 0.3) is 0 Å². The van der Waals surface area contributed by atoms with Gasteiger partial charge in [-0.25, -0.2) is 0 Å². The molecule has 120 valence electrons. The number of hydrogen-bond acceptors (Lipinski definition) is 2. The van der Waals surface area contributed by atoms with Gasteiger partial charge in [0, 0.05) is 6.04 Å². The predicted octanol–water partition coefficient (Wildman–Crippen LogP) is 4.92. The van der Waals surface area contributed by atoms with Gasteiger partial charge in [-0.15, -0.1) is 13.2 Å². The minimum atomic E-state index is -4.66. The summed E-state index contributed by atoms with van der Waals surface area (Å²) in [6.07, 6.45) is -3.69. The summed E-state index contributed by atoms with van der Waals surface area (Å²) in [6, 6.07) is 6.26. The molecule has 0 aromatic heterocycles. The average molecular weight is 303 g/mol. The molecule has 0 saturated heterocycles. The molecule has 1 rings (SSSR count). The highest BCUT2D eigenvalue weighted by Crippen LogP contribution is 2.31. The van der Waals surface area contributed by atoms with Crippen molar-refractivity contribution in [2.24, 2.45) is 11.8 Å². The molecule has 0 bridgehead atoms. The highest BCUT2D eigenvalue weighted by molar-refractivity contribution is 5.31. The van der Waals surface area contributed by atoms with Gasteiger partial charge in [-0.05, 0) is 42.5 Å². The minimum absolute atomic E-state index is 0.0155. The van der Waals surface area contributed by atoms with Crippen molar-refractivity contribution >= 4 is 0 Å². The van der Waals surface area contributed by atoms with Crippen LogP contribution in [0.15, 0.2) is 24.3 Å². The van der Waals surface area contributed by atoms with E-state index in [1.165, 1.54) is 12.1 Å². The Morgan fingerprint density at radius 1 is 1.19 bits per heavy atom. The largest absolute Gasteiger partial charge is 0.573 e. The molecule has 2 nitrogen and oxygen atoms in total. The summed E-state index contributed by atoms with van der Waals surface area (Å²) in [4.78, 5) is 0. The third-order valence-corrected chi connectivity index (χ3v) is 3.64. The molecule has 0 fully saturated rings. The number of rotatable bonds is 7. The molecule has 0 radical (unpaired) electrons. The number of hydrogen-bond donors (Lipinski definition) is 1. The van der Waals surface area contributed by atoms with E-state index in [9.17, 15) is 13.2 Å². The number of alkyl halides is 3. The smallest absolute Gasteiger partial charge is 0.406 e. The molecule has 1 N–H and O–H groups in total. The monoisotopic (exact) mass is 303 g/mol. The molecule has 0 aliphatic carbocycles. The van der Waals surface area contributed by atoms with E-state index in [2.05, 4.69) is 37.7 Å². The quantitative estimate of drug-likeness (QED) is 0.772. The lowest BCUT2D eigenvalue weighted by Crippen LogP contribution is -2.30. The molecular formula is C16H24F3NO. The first-order chi connectivity index (χ1) is 9.74. The summed E-state index contributed by atoms with van der Waals surface area (Å²) >= 11 is 0. The van der Waals surface area contributed by atoms with Gasteiger partial charge in [0.15, 0.2) is 0 Å². The lowest BCUT2D eigenvalue weighted by Gasteiger charge is -2.29. The average Bonchev–Trinajstić information content (AvgIpc) is 2.37. The van der Waals surface area contributed by atoms with Gasteiger partial charge >= 0.3 is 6.36 Å². The van der Waals surface area contributed by atoms with E-state index in [0.29, 0.717) is 11.8 Å². The van der Waals surface area contributed by atoms with Crippen LogP contribution in [0.4, 0.5) is 13.2 Å². The maximum absolute atomic E-state index is 12.3. The molecule has 0 amide bonds. The fraction of sp³-hybridized carbons (Fsp3) is 0.625. The Bertz CT molecular complexity index is 432. The Kier molecular flexibility index (Phi) is 6.52. The lowest BCUT2D eigenvalue weighted by molar-refractivity contribution is -0.274. The van der Waals surface area contributed by atoms with Gasteiger partial charge in [-0.2, -0.15) is 0 Å². The lowest BCUT2D eigenvalue weighted by atomic mass is 9.86. The van der Waals surface area contributed by atoms with Gasteiger partial charge in [0.2, 0.25) is 0 Å². The summed E-state index contributed by atoms with van der Waals surface area (Å²) in [5.41, 5.74) is 0.825. The molecule has 1 aromatic carbocycles. The number of benzene rings is 1. The molecule has 0 aliphatic heterocycles. The van der Waals surface area contributed by atoms with Crippen LogP contribution in [0.2, 0.25) is 0 Å². The molecule has 0 aliphatic rings. The molecule has 2 atom stereocenters. The normalized spacial score (nSPS) is 15.0. The van der Waals surface area contributed by atoms with Crippen molar-refractivity contribution in [2.45, 2.75) is 46.5 Å². The van der Waals surface area contributed by atoms with Crippen molar-refractivity contribution in [1.82, 2.24) is 5.32 Å². The summed E-state index contributed by atoms with van der Waals surface area (Å²) in [7, 11) is 0. The zero-order valence-electron chi connectivity index (χ0n) is 13.0. The summed E-state index contributed by atoms with van der Waals surface area (Å²) < 4.78 is 41.0. The molecule has 0 spiro atoms. The van der Waals surface area contributed by atoms with Crippen LogP contribution in [0.1, 0.15) is 45.7 Å². The van der Waals surface area contributed by atoms with E-state index in [1.807, 2.05) is 6.07 Å². The Labute approximate surface area is 124 Å². The molecule has 2 unspecified atom stereocenters. The Balaban J connectivity index is 2.98. The van der Waals surface area contributed by atoms with E-state index in [1.54, 1.807) is 6.07 Å². The van der Waals surface area contributed by atoms with Gasteiger partial charge in [0.05, 0.1) is 0 Å². The van der Waals surface area contributed by atoms with Gasteiger partial charge < -0.3 is 10.1 Å². The van der Waals surface area contributed by atoms with Crippen molar-refractivity contribution in [3.63, 3.8) is 0 Å². The Morgan fingerprint density at radius 3 is 2.38 bits per heavy atom. The van der Waals surface area contributed by atoms with Crippen LogP contribution in [-0.2, 0) is 0 Å². The van der Waals surface area contributed by atoms with Crippen LogP contribution < -0.4 is 10.1 Å². The van der Waals surface area contributed by atoms with E-state index < -0.39 is 6.36 Å². The third kappa shape index (κ3) is 5.96. The van der Waals surface area contributed by atoms with Crippen LogP contribution in [0, 0.1) is 11.8 Å². The van der Waals surface area contributed by atoms with E-state index >= 15 is 0 Å². The predicted molar refractivity (Wildman–Crippen MR) is 78.2 cm³/mol. The van der Waals surface area contributed by atoms with Gasteiger partial charge in [-0.1, -0.05) is 39.8 Å². The zero-order valence-corrected chi connectivity index (χ0v) is 13.0. The van der Waals surface area contributed by atoms with Crippen molar-refractivity contribution in [1.29, 1.82) is 0 Å².